The van der Waals surface area contributed by atoms with Crippen molar-refractivity contribution < 1.29 is 18.3 Å². The molecule has 0 aliphatic heterocycles. The number of oxazole rings is 1. The van der Waals surface area contributed by atoms with E-state index in [1.807, 2.05) is 29.6 Å². The Bertz CT molecular complexity index is 1030. The third-order valence-electron chi connectivity index (χ3n) is 3.67. The van der Waals surface area contributed by atoms with Gasteiger partial charge in [-0.1, -0.05) is 17.8 Å². The molecule has 138 valence electrons. The van der Waals surface area contributed by atoms with Gasteiger partial charge in [0.2, 0.25) is 5.89 Å². The Morgan fingerprint density at radius 3 is 2.81 bits per heavy atom. The second kappa shape index (κ2) is 7.85. The summed E-state index contributed by atoms with van der Waals surface area (Å²) in [5, 5.41) is 10.6. The number of thiophene rings is 1. The summed E-state index contributed by atoms with van der Waals surface area (Å²) in [5.74, 6) is 2.87. The highest BCUT2D eigenvalue weighted by Crippen LogP contribution is 2.34. The van der Waals surface area contributed by atoms with Gasteiger partial charge in [-0.15, -0.1) is 21.5 Å². The molecule has 7 nitrogen and oxygen atoms in total. The van der Waals surface area contributed by atoms with Gasteiger partial charge in [0.15, 0.2) is 0 Å². The molecule has 3 heterocycles. The number of hydrogen-bond acceptors (Lipinski definition) is 9. The number of benzene rings is 1. The van der Waals surface area contributed by atoms with Gasteiger partial charge in [0.05, 0.1) is 30.4 Å². The summed E-state index contributed by atoms with van der Waals surface area (Å²) in [6, 6.07) is 9.35. The molecule has 0 N–H and O–H groups in total. The van der Waals surface area contributed by atoms with Crippen LogP contribution in [0.2, 0.25) is 0 Å². The fourth-order valence-electron chi connectivity index (χ4n) is 2.37. The monoisotopic (exact) mass is 401 g/mol. The zero-order chi connectivity index (χ0) is 18.6. The second-order valence-electron chi connectivity index (χ2n) is 5.35. The molecule has 1 aromatic carbocycles. The fraction of sp³-hybridized carbons (Fsp3) is 0.167. The molecule has 0 bridgehead atoms. The zero-order valence-corrected chi connectivity index (χ0v) is 16.2. The van der Waals surface area contributed by atoms with Crippen LogP contribution in [0.3, 0.4) is 0 Å². The van der Waals surface area contributed by atoms with Crippen LogP contribution in [0.4, 0.5) is 0 Å². The Morgan fingerprint density at radius 1 is 1.11 bits per heavy atom. The normalized spacial score (nSPS) is 10.9. The van der Waals surface area contributed by atoms with Crippen LogP contribution in [0.5, 0.6) is 11.5 Å². The molecule has 0 saturated heterocycles. The van der Waals surface area contributed by atoms with Gasteiger partial charge in [0, 0.05) is 11.8 Å². The average Bonchev–Trinajstić information content (AvgIpc) is 3.47. The summed E-state index contributed by atoms with van der Waals surface area (Å²) in [5.41, 5.74) is 1.52. The summed E-state index contributed by atoms with van der Waals surface area (Å²) in [4.78, 5) is 5.48. The highest BCUT2D eigenvalue weighted by Gasteiger charge is 2.16. The number of methoxy groups -OCH3 is 2. The lowest BCUT2D eigenvalue weighted by molar-refractivity contribution is 0.393. The molecular formula is C18H15N3O4S2. The first-order chi connectivity index (χ1) is 13.3. The van der Waals surface area contributed by atoms with Gasteiger partial charge >= 0.3 is 0 Å². The van der Waals surface area contributed by atoms with E-state index in [9.17, 15) is 0 Å². The Labute approximate surface area is 163 Å². The molecule has 3 aromatic heterocycles. The maximum Gasteiger partial charge on any atom is 0.277 e. The molecule has 0 saturated carbocycles. The zero-order valence-electron chi connectivity index (χ0n) is 14.5. The molecule has 0 unspecified atom stereocenters. The van der Waals surface area contributed by atoms with Crippen LogP contribution in [0, 0.1) is 0 Å². The Morgan fingerprint density at radius 2 is 2.04 bits per heavy atom. The minimum Gasteiger partial charge on any atom is -0.497 e. The van der Waals surface area contributed by atoms with Gasteiger partial charge in [0.1, 0.15) is 17.8 Å². The van der Waals surface area contributed by atoms with Crippen LogP contribution in [0.25, 0.3) is 22.2 Å². The fourth-order valence-corrected chi connectivity index (χ4v) is 3.67. The van der Waals surface area contributed by atoms with Gasteiger partial charge in [-0.25, -0.2) is 4.98 Å². The van der Waals surface area contributed by atoms with Crippen molar-refractivity contribution in [3.05, 3.63) is 47.7 Å². The lowest BCUT2D eigenvalue weighted by Crippen LogP contribution is -1.90. The van der Waals surface area contributed by atoms with E-state index in [2.05, 4.69) is 15.2 Å². The van der Waals surface area contributed by atoms with Crippen LogP contribution in [0.1, 0.15) is 5.69 Å². The maximum absolute atomic E-state index is 5.75. The van der Waals surface area contributed by atoms with E-state index in [-0.39, 0.29) is 0 Å². The molecular weight excluding hydrogens is 386 g/mol. The molecule has 27 heavy (non-hydrogen) atoms. The standard InChI is InChI=1S/C18H15N3O4S2/c1-22-12-5-6-13(14(8-12)23-2)16-20-21-18(25-16)27-10-11-9-24-17(19-11)15-4-3-7-26-15/h3-9H,10H2,1-2H3. The van der Waals surface area contributed by atoms with Gasteiger partial charge in [-0.3, -0.25) is 0 Å². The first-order valence-corrected chi connectivity index (χ1v) is 9.80. The topological polar surface area (TPSA) is 83.4 Å². The summed E-state index contributed by atoms with van der Waals surface area (Å²) in [6.07, 6.45) is 1.64. The molecule has 0 radical (unpaired) electrons. The average molecular weight is 401 g/mol. The van der Waals surface area contributed by atoms with Gasteiger partial charge in [0.25, 0.3) is 11.1 Å². The second-order valence-corrected chi connectivity index (χ2v) is 7.22. The predicted molar refractivity (Wildman–Crippen MR) is 102 cm³/mol. The van der Waals surface area contributed by atoms with Crippen LogP contribution >= 0.6 is 23.1 Å². The molecule has 4 rings (SSSR count). The third kappa shape index (κ3) is 3.83. The smallest absolute Gasteiger partial charge is 0.277 e. The Kier molecular flexibility index (Phi) is 5.12. The number of hydrogen-bond donors (Lipinski definition) is 0. The first kappa shape index (κ1) is 17.6. The van der Waals surface area contributed by atoms with Gasteiger partial charge in [-0.2, -0.15) is 0 Å². The van der Waals surface area contributed by atoms with E-state index in [0.717, 1.165) is 10.6 Å². The minimum absolute atomic E-state index is 0.386. The van der Waals surface area contributed by atoms with E-state index in [4.69, 9.17) is 18.3 Å². The van der Waals surface area contributed by atoms with Crippen LogP contribution in [-0.2, 0) is 5.75 Å². The van der Waals surface area contributed by atoms with Gasteiger partial charge < -0.3 is 18.3 Å². The summed E-state index contributed by atoms with van der Waals surface area (Å²) >= 11 is 2.98. The third-order valence-corrected chi connectivity index (χ3v) is 5.38. The van der Waals surface area contributed by atoms with E-state index in [0.29, 0.717) is 39.8 Å². The van der Waals surface area contributed by atoms with E-state index in [1.54, 1.807) is 37.9 Å². The van der Waals surface area contributed by atoms with Crippen LogP contribution in [-0.4, -0.2) is 29.4 Å². The van der Waals surface area contributed by atoms with E-state index < -0.39 is 0 Å². The number of thioether (sulfide) groups is 1. The largest absolute Gasteiger partial charge is 0.497 e. The molecule has 4 aromatic rings. The summed E-state index contributed by atoms with van der Waals surface area (Å²) < 4.78 is 21.9. The van der Waals surface area contributed by atoms with Crippen molar-refractivity contribution in [3.63, 3.8) is 0 Å². The number of nitrogens with zero attached hydrogens (tertiary/aromatic N) is 3. The summed E-state index contributed by atoms with van der Waals surface area (Å²) in [6.45, 7) is 0. The Hall–Kier alpha value is -2.78. The van der Waals surface area contributed by atoms with Crippen LogP contribution < -0.4 is 9.47 Å². The first-order valence-electron chi connectivity index (χ1n) is 7.94. The number of aromatic nitrogens is 3. The summed E-state index contributed by atoms with van der Waals surface area (Å²) in [7, 11) is 3.18. The van der Waals surface area contributed by atoms with Crippen molar-refractivity contribution in [2.45, 2.75) is 11.0 Å². The van der Waals surface area contributed by atoms with Crippen molar-refractivity contribution in [2.75, 3.05) is 14.2 Å². The molecule has 0 atom stereocenters. The highest BCUT2D eigenvalue weighted by atomic mass is 32.2. The minimum atomic E-state index is 0.386. The van der Waals surface area contributed by atoms with Crippen molar-refractivity contribution in [1.29, 1.82) is 0 Å². The lowest BCUT2D eigenvalue weighted by Gasteiger charge is -2.07. The number of rotatable bonds is 7. The Balaban J connectivity index is 1.46. The van der Waals surface area contributed by atoms with Crippen molar-refractivity contribution in [1.82, 2.24) is 15.2 Å². The number of ether oxygens (including phenoxy) is 2. The van der Waals surface area contributed by atoms with Gasteiger partial charge in [-0.05, 0) is 23.6 Å². The van der Waals surface area contributed by atoms with Crippen molar-refractivity contribution in [3.8, 4) is 33.7 Å². The van der Waals surface area contributed by atoms with E-state index in [1.165, 1.54) is 11.8 Å². The molecule has 0 aliphatic carbocycles. The highest BCUT2D eigenvalue weighted by molar-refractivity contribution is 7.98. The lowest BCUT2D eigenvalue weighted by atomic mass is 10.2. The van der Waals surface area contributed by atoms with Crippen LogP contribution in [0.15, 0.2) is 56.0 Å². The van der Waals surface area contributed by atoms with Crippen molar-refractivity contribution in [2.24, 2.45) is 0 Å². The molecule has 0 amide bonds. The van der Waals surface area contributed by atoms with E-state index >= 15 is 0 Å². The molecule has 0 fully saturated rings. The quantitative estimate of drug-likeness (QED) is 0.410. The molecule has 0 spiro atoms. The molecule has 9 heteroatoms. The SMILES string of the molecule is COc1ccc(-c2nnc(SCc3coc(-c4cccs4)n3)o2)c(OC)c1. The predicted octanol–water partition coefficient (Wildman–Crippen LogP) is 4.76. The maximum atomic E-state index is 5.75. The van der Waals surface area contributed by atoms with Crippen molar-refractivity contribution >= 4 is 23.1 Å². The molecule has 0 aliphatic rings.